The molecule has 1 heterocycles. The molecule has 0 spiro atoms. The predicted octanol–water partition coefficient (Wildman–Crippen LogP) is 4.83. The van der Waals surface area contributed by atoms with Crippen LogP contribution in [0.25, 0.3) is 22.1 Å². The van der Waals surface area contributed by atoms with E-state index in [4.69, 9.17) is 16.0 Å². The van der Waals surface area contributed by atoms with Crippen LogP contribution in [0.4, 0.5) is 13.2 Å². The van der Waals surface area contributed by atoms with Gasteiger partial charge in [-0.2, -0.15) is 13.2 Å². The summed E-state index contributed by atoms with van der Waals surface area (Å²) >= 11 is 5.89. The standard InChI is InChI=1S/C17H8ClF3O4/c18-8-5-6-12-10(7-8)13(14(15(22)23)16(24)25-12)9-3-1-2-4-11(9)17(19,20)21/h1-7H,(H,22,23). The van der Waals surface area contributed by atoms with Crippen LogP contribution in [0.3, 0.4) is 0 Å². The van der Waals surface area contributed by atoms with Crippen LogP contribution in [-0.4, -0.2) is 11.1 Å². The van der Waals surface area contributed by atoms with E-state index in [1.807, 2.05) is 0 Å². The second kappa shape index (κ2) is 5.93. The summed E-state index contributed by atoms with van der Waals surface area (Å²) in [4.78, 5) is 23.6. The van der Waals surface area contributed by atoms with E-state index in [2.05, 4.69) is 0 Å². The maximum absolute atomic E-state index is 13.4. The smallest absolute Gasteiger partial charge is 0.417 e. The number of hydrogen-bond acceptors (Lipinski definition) is 3. The molecule has 1 aromatic heterocycles. The minimum atomic E-state index is -4.74. The first-order chi connectivity index (χ1) is 11.7. The molecule has 0 fully saturated rings. The minimum Gasteiger partial charge on any atom is -0.477 e. The Balaban J connectivity index is 2.56. The highest BCUT2D eigenvalue weighted by molar-refractivity contribution is 6.31. The summed E-state index contributed by atoms with van der Waals surface area (Å²) < 4.78 is 45.0. The van der Waals surface area contributed by atoms with Gasteiger partial charge < -0.3 is 9.52 Å². The van der Waals surface area contributed by atoms with Gasteiger partial charge in [0.1, 0.15) is 5.58 Å². The van der Waals surface area contributed by atoms with Crippen LogP contribution in [0.2, 0.25) is 5.02 Å². The Labute approximate surface area is 143 Å². The quantitative estimate of drug-likeness (QED) is 0.658. The van der Waals surface area contributed by atoms with E-state index in [9.17, 15) is 27.9 Å². The van der Waals surface area contributed by atoms with Gasteiger partial charge in [0.25, 0.3) is 0 Å². The van der Waals surface area contributed by atoms with Crippen LogP contribution in [0.5, 0.6) is 0 Å². The van der Waals surface area contributed by atoms with E-state index in [1.54, 1.807) is 0 Å². The molecule has 25 heavy (non-hydrogen) atoms. The Morgan fingerprint density at radius 3 is 2.44 bits per heavy atom. The maximum Gasteiger partial charge on any atom is 0.417 e. The van der Waals surface area contributed by atoms with Gasteiger partial charge in [0.05, 0.1) is 5.56 Å². The third kappa shape index (κ3) is 2.98. The van der Waals surface area contributed by atoms with Crippen molar-refractivity contribution in [2.45, 2.75) is 6.18 Å². The van der Waals surface area contributed by atoms with E-state index in [1.165, 1.54) is 30.3 Å². The van der Waals surface area contributed by atoms with Gasteiger partial charge in [-0.1, -0.05) is 29.8 Å². The van der Waals surface area contributed by atoms with Gasteiger partial charge in [0.2, 0.25) is 0 Å². The van der Waals surface area contributed by atoms with Crippen molar-refractivity contribution in [2.75, 3.05) is 0 Å². The summed E-state index contributed by atoms with van der Waals surface area (Å²) in [5, 5.41) is 9.51. The first-order valence-electron chi connectivity index (χ1n) is 6.86. The molecule has 128 valence electrons. The first kappa shape index (κ1) is 17.0. The Morgan fingerprint density at radius 2 is 1.80 bits per heavy atom. The van der Waals surface area contributed by atoms with E-state index in [0.29, 0.717) is 0 Å². The molecule has 0 radical (unpaired) electrons. The van der Waals surface area contributed by atoms with Crippen molar-refractivity contribution < 1.29 is 27.5 Å². The number of carboxylic acids is 1. The summed E-state index contributed by atoms with van der Waals surface area (Å²) in [5.74, 6) is -1.69. The number of hydrogen-bond donors (Lipinski definition) is 1. The molecule has 4 nitrogen and oxygen atoms in total. The van der Waals surface area contributed by atoms with Crippen LogP contribution in [0.1, 0.15) is 15.9 Å². The zero-order valence-corrected chi connectivity index (χ0v) is 13.0. The van der Waals surface area contributed by atoms with Gasteiger partial charge in [-0.25, -0.2) is 9.59 Å². The third-order valence-electron chi connectivity index (χ3n) is 3.58. The molecular weight excluding hydrogens is 361 g/mol. The summed E-state index contributed by atoms with van der Waals surface area (Å²) in [6.45, 7) is 0. The molecule has 2 aromatic carbocycles. The second-order valence-electron chi connectivity index (χ2n) is 5.13. The lowest BCUT2D eigenvalue weighted by molar-refractivity contribution is -0.137. The highest BCUT2D eigenvalue weighted by Crippen LogP contribution is 2.40. The average molecular weight is 369 g/mol. The number of fused-ring (bicyclic) bond motifs is 1. The van der Waals surface area contributed by atoms with Crippen molar-refractivity contribution in [3.63, 3.8) is 0 Å². The van der Waals surface area contributed by atoms with Crippen molar-refractivity contribution in [1.82, 2.24) is 0 Å². The molecule has 0 aliphatic carbocycles. The molecule has 0 saturated heterocycles. The maximum atomic E-state index is 13.4. The molecule has 1 N–H and O–H groups in total. The Hall–Kier alpha value is -2.80. The third-order valence-corrected chi connectivity index (χ3v) is 3.82. The monoisotopic (exact) mass is 368 g/mol. The van der Waals surface area contributed by atoms with Crippen molar-refractivity contribution in [1.29, 1.82) is 0 Å². The van der Waals surface area contributed by atoms with Crippen LogP contribution < -0.4 is 5.63 Å². The van der Waals surface area contributed by atoms with Crippen molar-refractivity contribution >= 4 is 28.5 Å². The fourth-order valence-corrected chi connectivity index (χ4v) is 2.77. The molecule has 0 bridgehead atoms. The first-order valence-corrected chi connectivity index (χ1v) is 7.24. The average Bonchev–Trinajstić information content (AvgIpc) is 2.53. The number of carboxylic acid groups (broad SMARTS) is 1. The summed E-state index contributed by atoms with van der Waals surface area (Å²) in [6.07, 6.45) is -4.74. The van der Waals surface area contributed by atoms with Crippen molar-refractivity contribution in [3.05, 3.63) is 69.0 Å². The number of carbonyl (C=O) groups is 1. The number of halogens is 4. The van der Waals surface area contributed by atoms with Gasteiger partial charge in [0, 0.05) is 16.0 Å². The molecule has 0 aliphatic rings. The summed E-state index contributed by atoms with van der Waals surface area (Å²) in [6, 6.07) is 8.34. The van der Waals surface area contributed by atoms with Gasteiger partial charge in [-0.3, -0.25) is 0 Å². The lowest BCUT2D eigenvalue weighted by Crippen LogP contribution is -2.17. The Morgan fingerprint density at radius 1 is 1.12 bits per heavy atom. The van der Waals surface area contributed by atoms with Gasteiger partial charge >= 0.3 is 17.8 Å². The molecule has 0 unspecified atom stereocenters. The van der Waals surface area contributed by atoms with E-state index in [0.717, 1.165) is 12.1 Å². The zero-order chi connectivity index (χ0) is 18.4. The molecule has 8 heteroatoms. The van der Waals surface area contributed by atoms with Crippen LogP contribution in [-0.2, 0) is 6.18 Å². The van der Waals surface area contributed by atoms with Gasteiger partial charge in [-0.05, 0) is 29.8 Å². The molecular formula is C17H8ClF3O4. The molecule has 3 rings (SSSR count). The van der Waals surface area contributed by atoms with Crippen LogP contribution in [0, 0.1) is 0 Å². The normalized spacial score (nSPS) is 11.7. The fraction of sp³-hybridized carbons (Fsp3) is 0.0588. The Bertz CT molecular complexity index is 1050. The van der Waals surface area contributed by atoms with E-state index in [-0.39, 0.29) is 21.6 Å². The van der Waals surface area contributed by atoms with Gasteiger partial charge in [-0.15, -0.1) is 0 Å². The molecule has 0 atom stereocenters. The lowest BCUT2D eigenvalue weighted by atomic mass is 9.93. The predicted molar refractivity (Wildman–Crippen MR) is 84.9 cm³/mol. The largest absolute Gasteiger partial charge is 0.477 e. The second-order valence-corrected chi connectivity index (χ2v) is 5.56. The Kier molecular flexibility index (Phi) is 4.04. The topological polar surface area (TPSA) is 67.5 Å². The fourth-order valence-electron chi connectivity index (χ4n) is 2.60. The molecule has 0 amide bonds. The summed E-state index contributed by atoms with van der Waals surface area (Å²) in [5.41, 5.74) is -4.07. The number of rotatable bonds is 2. The molecule has 0 aliphatic heterocycles. The highest BCUT2D eigenvalue weighted by Gasteiger charge is 2.35. The molecule has 0 saturated carbocycles. The number of alkyl halides is 3. The summed E-state index contributed by atoms with van der Waals surface area (Å²) in [7, 11) is 0. The van der Waals surface area contributed by atoms with Gasteiger partial charge in [0.15, 0.2) is 5.56 Å². The SMILES string of the molecule is O=C(O)c1c(-c2ccccc2C(F)(F)F)c2cc(Cl)ccc2oc1=O. The van der Waals surface area contributed by atoms with Crippen LogP contribution in [0.15, 0.2) is 51.7 Å². The molecule has 3 aromatic rings. The van der Waals surface area contributed by atoms with Crippen molar-refractivity contribution in [2.24, 2.45) is 0 Å². The van der Waals surface area contributed by atoms with Crippen molar-refractivity contribution in [3.8, 4) is 11.1 Å². The highest BCUT2D eigenvalue weighted by atomic mass is 35.5. The van der Waals surface area contributed by atoms with E-state index >= 15 is 0 Å². The number of benzene rings is 2. The zero-order valence-electron chi connectivity index (χ0n) is 12.2. The lowest BCUT2D eigenvalue weighted by Gasteiger charge is -2.15. The number of aromatic carboxylic acids is 1. The minimum absolute atomic E-state index is 0.00111. The van der Waals surface area contributed by atoms with E-state index < -0.39 is 34.5 Å². The van der Waals surface area contributed by atoms with Crippen LogP contribution >= 0.6 is 11.6 Å².